The molecule has 3 nitrogen and oxygen atoms in total. The fraction of sp³-hybridized carbons (Fsp3) is 0.364. The third-order valence-electron chi connectivity index (χ3n) is 2.55. The number of nitrogens with zero attached hydrogens (tertiary/aromatic N) is 2. The van der Waals surface area contributed by atoms with Crippen LogP contribution < -0.4 is 5.73 Å². The van der Waals surface area contributed by atoms with Crippen LogP contribution in [0.5, 0.6) is 0 Å². The fourth-order valence-electron chi connectivity index (χ4n) is 1.67. The Morgan fingerprint density at radius 2 is 2.27 bits per heavy atom. The van der Waals surface area contributed by atoms with Crippen LogP contribution in [0, 0.1) is 0 Å². The summed E-state index contributed by atoms with van der Waals surface area (Å²) in [5, 5.41) is 0. The maximum Gasteiger partial charge on any atom is 0.119 e. The van der Waals surface area contributed by atoms with E-state index in [1.807, 2.05) is 12.1 Å². The van der Waals surface area contributed by atoms with E-state index in [1.165, 1.54) is 5.52 Å². The van der Waals surface area contributed by atoms with E-state index >= 15 is 0 Å². The SMILES string of the molecule is CSCc1nc2ccc(CN)cc2n1C. The Morgan fingerprint density at radius 1 is 1.47 bits per heavy atom. The summed E-state index contributed by atoms with van der Waals surface area (Å²) in [4.78, 5) is 4.58. The van der Waals surface area contributed by atoms with Gasteiger partial charge in [0.15, 0.2) is 0 Å². The molecule has 80 valence electrons. The smallest absolute Gasteiger partial charge is 0.119 e. The van der Waals surface area contributed by atoms with E-state index in [1.54, 1.807) is 11.8 Å². The Hall–Kier alpha value is -1.00. The monoisotopic (exact) mass is 221 g/mol. The normalized spacial score (nSPS) is 11.1. The molecule has 0 aliphatic carbocycles. The molecule has 0 aliphatic heterocycles. The molecule has 0 unspecified atom stereocenters. The van der Waals surface area contributed by atoms with Crippen molar-refractivity contribution in [2.45, 2.75) is 12.3 Å². The summed E-state index contributed by atoms with van der Waals surface area (Å²) >= 11 is 1.79. The third-order valence-corrected chi connectivity index (χ3v) is 3.09. The molecule has 2 rings (SSSR count). The molecule has 1 heterocycles. The van der Waals surface area contributed by atoms with Gasteiger partial charge >= 0.3 is 0 Å². The van der Waals surface area contributed by atoms with E-state index in [9.17, 15) is 0 Å². The average Bonchev–Trinajstić information content (AvgIpc) is 2.56. The Bertz CT molecular complexity index is 476. The number of imidazole rings is 1. The highest BCUT2D eigenvalue weighted by Gasteiger charge is 2.06. The molecule has 0 amide bonds. The molecule has 0 spiro atoms. The van der Waals surface area contributed by atoms with Gasteiger partial charge in [-0.3, -0.25) is 0 Å². The van der Waals surface area contributed by atoms with E-state index in [0.29, 0.717) is 6.54 Å². The molecule has 15 heavy (non-hydrogen) atoms. The predicted molar refractivity (Wildman–Crippen MR) is 65.8 cm³/mol. The first-order valence-corrected chi connectivity index (χ1v) is 6.29. The molecular weight excluding hydrogens is 206 g/mol. The van der Waals surface area contributed by atoms with Gasteiger partial charge in [-0.25, -0.2) is 4.98 Å². The van der Waals surface area contributed by atoms with Crippen molar-refractivity contribution in [2.75, 3.05) is 6.26 Å². The van der Waals surface area contributed by atoms with Crippen LogP contribution in [0.15, 0.2) is 18.2 Å². The van der Waals surface area contributed by atoms with E-state index < -0.39 is 0 Å². The molecule has 4 heteroatoms. The van der Waals surface area contributed by atoms with Gasteiger partial charge in [-0.05, 0) is 24.0 Å². The van der Waals surface area contributed by atoms with Crippen molar-refractivity contribution in [3.8, 4) is 0 Å². The Labute approximate surface area is 93.7 Å². The molecule has 2 N–H and O–H groups in total. The van der Waals surface area contributed by atoms with Gasteiger partial charge in [-0.15, -0.1) is 0 Å². The standard InChI is InChI=1S/C11H15N3S/c1-14-10-5-8(6-12)3-4-9(10)13-11(14)7-15-2/h3-5H,6-7,12H2,1-2H3. The summed E-state index contributed by atoms with van der Waals surface area (Å²) in [7, 11) is 2.06. The van der Waals surface area contributed by atoms with Crippen molar-refractivity contribution in [3.63, 3.8) is 0 Å². The lowest BCUT2D eigenvalue weighted by Crippen LogP contribution is -1.97. The molecule has 0 saturated heterocycles. The molecule has 0 saturated carbocycles. The first-order valence-electron chi connectivity index (χ1n) is 4.89. The minimum Gasteiger partial charge on any atom is -0.330 e. The lowest BCUT2D eigenvalue weighted by molar-refractivity contribution is 0.875. The summed E-state index contributed by atoms with van der Waals surface area (Å²) in [5.74, 6) is 2.06. The topological polar surface area (TPSA) is 43.8 Å². The van der Waals surface area contributed by atoms with E-state index in [0.717, 1.165) is 22.7 Å². The highest BCUT2D eigenvalue weighted by Crippen LogP contribution is 2.18. The fourth-order valence-corrected chi connectivity index (χ4v) is 2.19. The Morgan fingerprint density at radius 3 is 2.93 bits per heavy atom. The van der Waals surface area contributed by atoms with Gasteiger partial charge < -0.3 is 10.3 Å². The van der Waals surface area contributed by atoms with Crippen LogP contribution in [-0.4, -0.2) is 15.8 Å². The molecule has 0 fully saturated rings. The van der Waals surface area contributed by atoms with Crippen molar-refractivity contribution in [1.82, 2.24) is 9.55 Å². The van der Waals surface area contributed by atoms with Crippen LogP contribution in [-0.2, 0) is 19.3 Å². The van der Waals surface area contributed by atoms with Gasteiger partial charge in [0.2, 0.25) is 0 Å². The Balaban J connectivity index is 2.56. The van der Waals surface area contributed by atoms with E-state index in [2.05, 4.69) is 28.9 Å². The zero-order valence-electron chi connectivity index (χ0n) is 9.03. The van der Waals surface area contributed by atoms with Crippen LogP contribution in [0.25, 0.3) is 11.0 Å². The van der Waals surface area contributed by atoms with Crippen molar-refractivity contribution in [1.29, 1.82) is 0 Å². The summed E-state index contributed by atoms with van der Waals surface area (Å²) in [6.07, 6.45) is 2.09. The first-order chi connectivity index (χ1) is 7.26. The molecule has 0 atom stereocenters. The second-order valence-corrected chi connectivity index (χ2v) is 4.41. The first kappa shape index (κ1) is 10.5. The van der Waals surface area contributed by atoms with Crippen LogP contribution >= 0.6 is 11.8 Å². The minimum absolute atomic E-state index is 0.582. The number of aromatic nitrogens is 2. The molecule has 1 aromatic carbocycles. The van der Waals surface area contributed by atoms with Gasteiger partial charge in [0.25, 0.3) is 0 Å². The van der Waals surface area contributed by atoms with Gasteiger partial charge in [0.05, 0.1) is 16.8 Å². The number of hydrogen-bond acceptors (Lipinski definition) is 3. The molecule has 1 aromatic heterocycles. The number of hydrogen-bond donors (Lipinski definition) is 1. The maximum atomic E-state index is 5.62. The number of benzene rings is 1. The molecule has 0 aliphatic rings. The number of aryl methyl sites for hydroxylation is 1. The predicted octanol–water partition coefficient (Wildman–Crippen LogP) is 1.90. The summed E-state index contributed by atoms with van der Waals surface area (Å²) in [6, 6.07) is 6.20. The van der Waals surface area contributed by atoms with Gasteiger partial charge in [-0.1, -0.05) is 6.07 Å². The molecule has 0 bridgehead atoms. The summed E-state index contributed by atoms with van der Waals surface area (Å²) in [5.41, 5.74) is 9.00. The van der Waals surface area contributed by atoms with E-state index in [4.69, 9.17) is 5.73 Å². The van der Waals surface area contributed by atoms with Crippen LogP contribution in [0.2, 0.25) is 0 Å². The number of thioether (sulfide) groups is 1. The van der Waals surface area contributed by atoms with Crippen LogP contribution in [0.4, 0.5) is 0 Å². The summed E-state index contributed by atoms with van der Waals surface area (Å²) < 4.78 is 2.14. The quantitative estimate of drug-likeness (QED) is 0.861. The van der Waals surface area contributed by atoms with Crippen molar-refractivity contribution >= 4 is 22.8 Å². The zero-order valence-corrected chi connectivity index (χ0v) is 9.84. The number of fused-ring (bicyclic) bond motifs is 1. The van der Waals surface area contributed by atoms with Crippen LogP contribution in [0.3, 0.4) is 0 Å². The lowest BCUT2D eigenvalue weighted by Gasteiger charge is -2.00. The van der Waals surface area contributed by atoms with Gasteiger partial charge in [-0.2, -0.15) is 11.8 Å². The molecular formula is C11H15N3S. The molecule has 2 aromatic rings. The summed E-state index contributed by atoms with van der Waals surface area (Å²) in [6.45, 7) is 0.582. The highest BCUT2D eigenvalue weighted by molar-refractivity contribution is 7.97. The largest absolute Gasteiger partial charge is 0.330 e. The van der Waals surface area contributed by atoms with Gasteiger partial charge in [0, 0.05) is 13.6 Å². The minimum atomic E-state index is 0.582. The second kappa shape index (κ2) is 4.24. The van der Waals surface area contributed by atoms with Crippen molar-refractivity contribution in [2.24, 2.45) is 12.8 Å². The Kier molecular flexibility index (Phi) is 2.98. The maximum absolute atomic E-state index is 5.62. The number of nitrogens with two attached hydrogens (primary N) is 1. The van der Waals surface area contributed by atoms with Crippen LogP contribution in [0.1, 0.15) is 11.4 Å². The number of rotatable bonds is 3. The average molecular weight is 221 g/mol. The molecule has 0 radical (unpaired) electrons. The van der Waals surface area contributed by atoms with Gasteiger partial charge in [0.1, 0.15) is 5.82 Å². The second-order valence-electron chi connectivity index (χ2n) is 3.55. The lowest BCUT2D eigenvalue weighted by atomic mass is 10.2. The highest BCUT2D eigenvalue weighted by atomic mass is 32.2. The zero-order chi connectivity index (χ0) is 10.8. The van der Waals surface area contributed by atoms with Crippen molar-refractivity contribution < 1.29 is 0 Å². The van der Waals surface area contributed by atoms with E-state index in [-0.39, 0.29) is 0 Å². The third kappa shape index (κ3) is 1.87. The van der Waals surface area contributed by atoms with Crippen molar-refractivity contribution in [3.05, 3.63) is 29.6 Å².